The molecule has 0 spiro atoms. The Hall–Kier alpha value is -2.33. The molecule has 0 unspecified atom stereocenters. The fourth-order valence-electron chi connectivity index (χ4n) is 2.63. The number of phenolic OH excluding ortho intramolecular Hbond substituents is 1. The number of phenols is 1. The molecule has 128 valence electrons. The molecule has 2 N–H and O–H groups in total. The Morgan fingerprint density at radius 1 is 1.17 bits per heavy atom. The van der Waals surface area contributed by atoms with Crippen molar-refractivity contribution in [3.05, 3.63) is 59.2 Å². The van der Waals surface area contributed by atoms with E-state index in [0.29, 0.717) is 17.9 Å². The largest absolute Gasteiger partial charge is 0.507 e. The average molecular weight is 327 g/mol. The van der Waals surface area contributed by atoms with Crippen LogP contribution in [-0.2, 0) is 6.42 Å². The molecule has 0 bridgehead atoms. The summed E-state index contributed by atoms with van der Waals surface area (Å²) in [5.41, 5.74) is 3.29. The third kappa shape index (κ3) is 4.59. The van der Waals surface area contributed by atoms with Gasteiger partial charge in [-0.15, -0.1) is 0 Å². The van der Waals surface area contributed by atoms with Crippen molar-refractivity contribution < 1.29 is 14.7 Å². The predicted octanol–water partition coefficient (Wildman–Crippen LogP) is 2.27. The first kappa shape index (κ1) is 18.0. The Morgan fingerprint density at radius 2 is 1.88 bits per heavy atom. The lowest BCUT2D eigenvalue weighted by Crippen LogP contribution is -3.06. The van der Waals surface area contributed by atoms with Crippen molar-refractivity contribution in [1.29, 1.82) is 0 Å². The van der Waals surface area contributed by atoms with E-state index in [0.717, 1.165) is 6.42 Å². The van der Waals surface area contributed by atoms with Crippen molar-refractivity contribution in [3.8, 4) is 11.5 Å². The molecule has 0 heterocycles. The van der Waals surface area contributed by atoms with Gasteiger partial charge in [-0.25, -0.2) is 0 Å². The topological polar surface area (TPSA) is 46.3 Å². The maximum atomic E-state index is 9.93. The molecular weight excluding hydrogens is 300 g/mol. The lowest BCUT2D eigenvalue weighted by Gasteiger charge is -2.20. The first-order chi connectivity index (χ1) is 11.5. The number of aromatic hydroxyl groups is 1. The number of rotatable bonds is 7. The van der Waals surface area contributed by atoms with Crippen molar-refractivity contribution in [2.24, 2.45) is 4.99 Å². The molecule has 4 nitrogen and oxygen atoms in total. The zero-order chi connectivity index (χ0) is 17.5. The minimum Gasteiger partial charge on any atom is -0.507 e. The Bertz CT molecular complexity index is 679. The van der Waals surface area contributed by atoms with Gasteiger partial charge < -0.3 is 14.7 Å². The van der Waals surface area contributed by atoms with Gasteiger partial charge in [0.25, 0.3) is 0 Å². The summed E-state index contributed by atoms with van der Waals surface area (Å²) in [6.07, 6.45) is 2.77. The minimum absolute atomic E-state index is 0.209. The van der Waals surface area contributed by atoms with Gasteiger partial charge in [0.2, 0.25) is 0 Å². The summed E-state index contributed by atoms with van der Waals surface area (Å²) in [6.45, 7) is 2.82. The molecule has 0 saturated heterocycles. The summed E-state index contributed by atoms with van der Waals surface area (Å²) < 4.78 is 5.19. The van der Waals surface area contributed by atoms with Crippen LogP contribution < -0.4 is 9.64 Å². The highest BCUT2D eigenvalue weighted by Crippen LogP contribution is 2.21. The van der Waals surface area contributed by atoms with E-state index in [1.54, 1.807) is 31.5 Å². The number of ether oxygens (including phenoxy) is 1. The third-order valence-corrected chi connectivity index (χ3v) is 4.24. The lowest BCUT2D eigenvalue weighted by atomic mass is 10.0. The van der Waals surface area contributed by atoms with Gasteiger partial charge in [-0.2, -0.15) is 0 Å². The number of benzene rings is 2. The molecule has 0 amide bonds. The summed E-state index contributed by atoms with van der Waals surface area (Å²) in [7, 11) is 5.88. The van der Waals surface area contributed by atoms with E-state index in [1.807, 2.05) is 0 Å². The summed E-state index contributed by atoms with van der Waals surface area (Å²) in [6, 6.07) is 14.2. The van der Waals surface area contributed by atoms with E-state index >= 15 is 0 Å². The van der Waals surface area contributed by atoms with Gasteiger partial charge in [0.15, 0.2) is 0 Å². The van der Waals surface area contributed by atoms with E-state index in [9.17, 15) is 5.11 Å². The van der Waals surface area contributed by atoms with Crippen LogP contribution in [0.4, 0.5) is 0 Å². The highest BCUT2D eigenvalue weighted by molar-refractivity contribution is 5.84. The quantitative estimate of drug-likeness (QED) is 0.766. The molecule has 0 radical (unpaired) electrons. The van der Waals surface area contributed by atoms with Crippen LogP contribution in [0.5, 0.6) is 11.5 Å². The summed E-state index contributed by atoms with van der Waals surface area (Å²) in [5.74, 6) is 0.916. The van der Waals surface area contributed by atoms with Gasteiger partial charge in [-0.1, -0.05) is 31.2 Å². The number of aryl methyl sites for hydroxylation is 1. The highest BCUT2D eigenvalue weighted by Gasteiger charge is 2.16. The monoisotopic (exact) mass is 327 g/mol. The zero-order valence-electron chi connectivity index (χ0n) is 14.9. The maximum Gasteiger partial charge on any atom is 0.132 e. The molecular formula is C20H27N2O2+. The fraction of sp³-hybridized carbons (Fsp3) is 0.350. The Labute approximate surface area is 144 Å². The molecule has 2 aromatic rings. The van der Waals surface area contributed by atoms with Gasteiger partial charge in [-0.3, -0.25) is 4.99 Å². The molecule has 1 atom stereocenters. The van der Waals surface area contributed by atoms with Crippen LogP contribution in [0.2, 0.25) is 0 Å². The van der Waals surface area contributed by atoms with Crippen LogP contribution in [0, 0.1) is 0 Å². The number of hydrogen-bond donors (Lipinski definition) is 2. The smallest absolute Gasteiger partial charge is 0.132 e. The second-order valence-electron chi connectivity index (χ2n) is 6.14. The lowest BCUT2D eigenvalue weighted by molar-refractivity contribution is -0.890. The molecule has 2 aromatic carbocycles. The molecule has 0 aliphatic heterocycles. The van der Waals surface area contributed by atoms with Crippen molar-refractivity contribution in [3.63, 3.8) is 0 Å². The third-order valence-electron chi connectivity index (χ3n) is 4.24. The number of nitrogens with zero attached hydrogens (tertiary/aromatic N) is 1. The van der Waals surface area contributed by atoms with Crippen molar-refractivity contribution >= 4 is 6.21 Å². The van der Waals surface area contributed by atoms with E-state index in [-0.39, 0.29) is 11.8 Å². The average Bonchev–Trinajstić information content (AvgIpc) is 2.60. The molecule has 0 saturated carbocycles. The molecule has 0 aliphatic rings. The summed E-state index contributed by atoms with van der Waals surface area (Å²) in [5, 5.41) is 9.93. The van der Waals surface area contributed by atoms with E-state index in [4.69, 9.17) is 4.74 Å². The number of nitrogens with one attached hydrogen (secondary N) is 1. The predicted molar refractivity (Wildman–Crippen MR) is 98.5 cm³/mol. The van der Waals surface area contributed by atoms with Gasteiger partial charge in [0.1, 0.15) is 17.5 Å². The summed E-state index contributed by atoms with van der Waals surface area (Å²) in [4.78, 5) is 5.88. The minimum atomic E-state index is 0.209. The highest BCUT2D eigenvalue weighted by atomic mass is 16.5. The van der Waals surface area contributed by atoms with Gasteiger partial charge in [0.05, 0.1) is 27.7 Å². The SMILES string of the molecule is CCc1ccc([C@@H](CN=Cc2cc(OC)ccc2O)[NH+](C)C)cc1. The fourth-order valence-corrected chi connectivity index (χ4v) is 2.63. The second kappa shape index (κ2) is 8.50. The van der Waals surface area contributed by atoms with Gasteiger partial charge in [-0.05, 0) is 30.2 Å². The molecule has 0 aromatic heterocycles. The Kier molecular flexibility index (Phi) is 6.38. The van der Waals surface area contributed by atoms with Crippen molar-refractivity contribution in [2.75, 3.05) is 27.7 Å². The van der Waals surface area contributed by atoms with E-state index < -0.39 is 0 Å². The van der Waals surface area contributed by atoms with Crippen molar-refractivity contribution in [2.45, 2.75) is 19.4 Å². The number of quaternary nitrogens is 1. The maximum absolute atomic E-state index is 9.93. The first-order valence-corrected chi connectivity index (χ1v) is 8.30. The number of methoxy groups -OCH3 is 1. The molecule has 2 rings (SSSR count). The van der Waals surface area contributed by atoms with Crippen LogP contribution in [-0.4, -0.2) is 39.1 Å². The van der Waals surface area contributed by atoms with Crippen LogP contribution in [0.15, 0.2) is 47.5 Å². The van der Waals surface area contributed by atoms with E-state index in [2.05, 4.69) is 50.3 Å². The molecule has 4 heteroatoms. The standard InChI is InChI=1S/C20H26N2O2/c1-5-15-6-8-16(9-7-15)19(22(2)3)14-21-13-17-12-18(24-4)10-11-20(17)23/h6-13,19,23H,5,14H2,1-4H3/p+1/t19-/m1/s1. The number of likely N-dealkylation sites (N-methyl/N-ethyl adjacent to an activating group) is 1. The number of hydrogen-bond acceptors (Lipinski definition) is 3. The van der Waals surface area contributed by atoms with Crippen LogP contribution in [0.1, 0.15) is 29.7 Å². The molecule has 24 heavy (non-hydrogen) atoms. The van der Waals surface area contributed by atoms with E-state index in [1.165, 1.54) is 16.0 Å². The summed E-state index contributed by atoms with van der Waals surface area (Å²) >= 11 is 0. The van der Waals surface area contributed by atoms with Crippen molar-refractivity contribution in [1.82, 2.24) is 0 Å². The molecule has 0 aliphatic carbocycles. The van der Waals surface area contributed by atoms with Crippen LogP contribution in [0.3, 0.4) is 0 Å². The van der Waals surface area contributed by atoms with Crippen LogP contribution >= 0.6 is 0 Å². The Morgan fingerprint density at radius 3 is 2.46 bits per heavy atom. The Balaban J connectivity index is 2.13. The van der Waals surface area contributed by atoms with Gasteiger partial charge >= 0.3 is 0 Å². The number of aliphatic imine (C=N–C) groups is 1. The zero-order valence-corrected chi connectivity index (χ0v) is 14.9. The van der Waals surface area contributed by atoms with Crippen LogP contribution in [0.25, 0.3) is 0 Å². The first-order valence-electron chi connectivity index (χ1n) is 8.30. The second-order valence-corrected chi connectivity index (χ2v) is 6.14. The van der Waals surface area contributed by atoms with Gasteiger partial charge in [0, 0.05) is 17.3 Å². The normalized spacial score (nSPS) is 12.7. The molecule has 0 fully saturated rings.